The maximum absolute atomic E-state index is 13.3. The number of anilines is 2. The molecule has 2 aliphatic rings. The Morgan fingerprint density at radius 2 is 1.93 bits per heavy atom. The standard InChI is InChI=1S/C22H24FN3O3S/c1-2-4-21-25-30(28,29)20-13-18(24-22(27)16-5-3-6-16)11-12-19(20)26(21)14-15-7-9-17(23)10-8-15/h7-13,16H,2-6,14H2,1H3,(H,24,27). The molecule has 30 heavy (non-hydrogen) atoms. The van der Waals surface area contributed by atoms with Gasteiger partial charge >= 0.3 is 0 Å². The highest BCUT2D eigenvalue weighted by Gasteiger charge is 2.31. The summed E-state index contributed by atoms with van der Waals surface area (Å²) >= 11 is 0. The molecule has 1 saturated carbocycles. The number of carbonyl (C=O) groups is 1. The van der Waals surface area contributed by atoms with Crippen LogP contribution in [0.3, 0.4) is 0 Å². The fourth-order valence-electron chi connectivity index (χ4n) is 3.67. The third-order valence-electron chi connectivity index (χ3n) is 5.54. The lowest BCUT2D eigenvalue weighted by Crippen LogP contribution is -2.35. The Bertz CT molecular complexity index is 1090. The summed E-state index contributed by atoms with van der Waals surface area (Å²) in [7, 11) is -3.88. The van der Waals surface area contributed by atoms with E-state index in [1.54, 1.807) is 24.3 Å². The van der Waals surface area contributed by atoms with Gasteiger partial charge in [0.05, 0.1) is 5.69 Å². The van der Waals surface area contributed by atoms with E-state index in [-0.39, 0.29) is 22.5 Å². The number of nitrogens with one attached hydrogen (secondary N) is 1. The number of benzene rings is 2. The Labute approximate surface area is 175 Å². The van der Waals surface area contributed by atoms with Gasteiger partial charge in [-0.05, 0) is 55.2 Å². The number of rotatable bonds is 6. The van der Waals surface area contributed by atoms with E-state index >= 15 is 0 Å². The van der Waals surface area contributed by atoms with Gasteiger partial charge in [-0.25, -0.2) is 4.39 Å². The zero-order valence-corrected chi connectivity index (χ0v) is 17.6. The first-order valence-corrected chi connectivity index (χ1v) is 11.6. The molecule has 0 unspecified atom stereocenters. The highest BCUT2D eigenvalue weighted by Crippen LogP contribution is 2.36. The van der Waals surface area contributed by atoms with Gasteiger partial charge in [0.25, 0.3) is 10.0 Å². The molecule has 0 aromatic heterocycles. The minimum atomic E-state index is -3.88. The van der Waals surface area contributed by atoms with Gasteiger partial charge in [0, 0.05) is 24.6 Å². The molecule has 1 amide bonds. The van der Waals surface area contributed by atoms with Crippen molar-refractivity contribution in [3.8, 4) is 0 Å². The number of nitrogens with zero attached hydrogens (tertiary/aromatic N) is 2. The number of halogens is 1. The Hall–Kier alpha value is -2.74. The molecule has 2 aromatic rings. The summed E-state index contributed by atoms with van der Waals surface area (Å²) in [5.41, 5.74) is 1.80. The van der Waals surface area contributed by atoms with Crippen LogP contribution >= 0.6 is 0 Å². The second-order valence-corrected chi connectivity index (χ2v) is 9.32. The van der Waals surface area contributed by atoms with Crippen molar-refractivity contribution in [2.75, 3.05) is 10.2 Å². The third kappa shape index (κ3) is 4.09. The Morgan fingerprint density at radius 1 is 1.20 bits per heavy atom. The molecule has 0 saturated heterocycles. The van der Waals surface area contributed by atoms with E-state index in [0.717, 1.165) is 31.2 Å². The molecule has 0 radical (unpaired) electrons. The van der Waals surface area contributed by atoms with E-state index < -0.39 is 10.0 Å². The van der Waals surface area contributed by atoms with Crippen molar-refractivity contribution in [2.45, 2.75) is 50.5 Å². The van der Waals surface area contributed by atoms with Gasteiger partial charge in [-0.3, -0.25) is 4.79 Å². The van der Waals surface area contributed by atoms with Crippen molar-refractivity contribution in [2.24, 2.45) is 10.3 Å². The minimum absolute atomic E-state index is 0.00166. The minimum Gasteiger partial charge on any atom is -0.326 e. The van der Waals surface area contributed by atoms with Gasteiger partial charge in [0.2, 0.25) is 5.91 Å². The predicted octanol–water partition coefficient (Wildman–Crippen LogP) is 4.47. The molecule has 1 N–H and O–H groups in total. The molecule has 0 spiro atoms. The first kappa shape index (κ1) is 20.5. The number of sulfonamides is 1. The van der Waals surface area contributed by atoms with Crippen molar-refractivity contribution in [1.29, 1.82) is 0 Å². The summed E-state index contributed by atoms with van der Waals surface area (Å²) < 4.78 is 43.1. The highest BCUT2D eigenvalue weighted by atomic mass is 32.2. The number of fused-ring (bicyclic) bond motifs is 1. The van der Waals surface area contributed by atoms with Gasteiger partial charge in [0.1, 0.15) is 16.5 Å². The van der Waals surface area contributed by atoms with Gasteiger partial charge in [0.15, 0.2) is 0 Å². The summed E-state index contributed by atoms with van der Waals surface area (Å²) in [6.45, 7) is 2.33. The summed E-state index contributed by atoms with van der Waals surface area (Å²) in [5, 5.41) is 2.83. The lowest BCUT2D eigenvalue weighted by molar-refractivity contribution is -0.122. The van der Waals surface area contributed by atoms with E-state index in [4.69, 9.17) is 0 Å². The lowest BCUT2D eigenvalue weighted by atomic mass is 9.85. The van der Waals surface area contributed by atoms with Crippen molar-refractivity contribution < 1.29 is 17.6 Å². The molecule has 0 atom stereocenters. The second kappa shape index (κ2) is 8.18. The average molecular weight is 430 g/mol. The van der Waals surface area contributed by atoms with Gasteiger partial charge in [-0.1, -0.05) is 25.5 Å². The van der Waals surface area contributed by atoms with E-state index in [1.165, 1.54) is 18.2 Å². The molecule has 1 aliphatic carbocycles. The maximum Gasteiger partial charge on any atom is 0.286 e. The van der Waals surface area contributed by atoms with Gasteiger partial charge in [-0.15, -0.1) is 4.40 Å². The molecule has 2 aromatic carbocycles. The third-order valence-corrected chi connectivity index (χ3v) is 6.87. The molecule has 8 heteroatoms. The van der Waals surface area contributed by atoms with Gasteiger partial charge < -0.3 is 10.2 Å². The molecule has 1 heterocycles. The van der Waals surface area contributed by atoms with Crippen molar-refractivity contribution in [3.63, 3.8) is 0 Å². The Balaban J connectivity index is 1.69. The van der Waals surface area contributed by atoms with Crippen LogP contribution in [0.2, 0.25) is 0 Å². The molecule has 6 nitrogen and oxygen atoms in total. The Morgan fingerprint density at radius 3 is 2.57 bits per heavy atom. The SMILES string of the molecule is CCCC1=NS(=O)(=O)c2cc(NC(=O)C3CCC3)ccc2N1Cc1ccc(F)cc1. The summed E-state index contributed by atoms with van der Waals surface area (Å²) in [4.78, 5) is 14.2. The van der Waals surface area contributed by atoms with Crippen LogP contribution < -0.4 is 10.2 Å². The van der Waals surface area contributed by atoms with Crippen molar-refractivity contribution in [1.82, 2.24) is 0 Å². The molecule has 4 rings (SSSR count). The summed E-state index contributed by atoms with van der Waals surface area (Å²) in [5.74, 6) is 0.0600. The van der Waals surface area contributed by atoms with E-state index in [1.807, 2.05) is 11.8 Å². The number of hydrogen-bond acceptors (Lipinski definition) is 4. The fourth-order valence-corrected chi connectivity index (χ4v) is 4.95. The highest BCUT2D eigenvalue weighted by molar-refractivity contribution is 7.90. The first-order valence-electron chi connectivity index (χ1n) is 10.2. The summed E-state index contributed by atoms with van der Waals surface area (Å²) in [6, 6.07) is 11.0. The lowest BCUT2D eigenvalue weighted by Gasteiger charge is -2.31. The smallest absolute Gasteiger partial charge is 0.286 e. The van der Waals surface area contributed by atoms with Gasteiger partial charge in [-0.2, -0.15) is 8.42 Å². The quantitative estimate of drug-likeness (QED) is 0.735. The van der Waals surface area contributed by atoms with Crippen molar-refractivity contribution >= 4 is 33.1 Å². The molecule has 1 aliphatic heterocycles. The van der Waals surface area contributed by atoms with E-state index in [9.17, 15) is 17.6 Å². The Kier molecular flexibility index (Phi) is 5.60. The maximum atomic E-state index is 13.3. The average Bonchev–Trinajstić information content (AvgIpc) is 2.65. The molecular formula is C22H24FN3O3S. The van der Waals surface area contributed by atoms with Crippen LogP contribution in [0.4, 0.5) is 15.8 Å². The predicted molar refractivity (Wildman–Crippen MR) is 115 cm³/mol. The molecular weight excluding hydrogens is 405 g/mol. The number of amides is 1. The summed E-state index contributed by atoms with van der Waals surface area (Å²) in [6.07, 6.45) is 4.01. The normalized spacial score (nSPS) is 17.7. The molecule has 0 bridgehead atoms. The number of carbonyl (C=O) groups excluding carboxylic acids is 1. The van der Waals surface area contributed by atoms with E-state index in [2.05, 4.69) is 9.71 Å². The van der Waals surface area contributed by atoms with Crippen LogP contribution in [0.5, 0.6) is 0 Å². The van der Waals surface area contributed by atoms with E-state index in [0.29, 0.717) is 30.2 Å². The monoisotopic (exact) mass is 429 g/mol. The van der Waals surface area contributed by atoms with Crippen molar-refractivity contribution in [3.05, 3.63) is 53.8 Å². The molecule has 1 fully saturated rings. The number of amidine groups is 1. The number of hydrogen-bond donors (Lipinski definition) is 1. The largest absolute Gasteiger partial charge is 0.326 e. The topological polar surface area (TPSA) is 78.8 Å². The van der Waals surface area contributed by atoms with Crippen LogP contribution in [0.15, 0.2) is 51.8 Å². The zero-order chi connectivity index (χ0) is 21.3. The second-order valence-electron chi connectivity index (χ2n) is 7.74. The zero-order valence-electron chi connectivity index (χ0n) is 16.8. The first-order chi connectivity index (χ1) is 14.4. The van der Waals surface area contributed by atoms with Crippen LogP contribution in [-0.4, -0.2) is 20.2 Å². The van der Waals surface area contributed by atoms with Crippen LogP contribution in [-0.2, 0) is 21.4 Å². The fraction of sp³-hybridized carbons (Fsp3) is 0.364. The van der Waals surface area contributed by atoms with Crippen LogP contribution in [0, 0.1) is 11.7 Å². The van der Waals surface area contributed by atoms with Crippen LogP contribution in [0.1, 0.15) is 44.6 Å². The molecule has 158 valence electrons. The van der Waals surface area contributed by atoms with Crippen LogP contribution in [0.25, 0.3) is 0 Å².